The van der Waals surface area contributed by atoms with E-state index in [4.69, 9.17) is 10.00 Å². The molecule has 1 rings (SSSR count). The van der Waals surface area contributed by atoms with Crippen LogP contribution in [0.2, 0.25) is 0 Å². The van der Waals surface area contributed by atoms with E-state index in [0.29, 0.717) is 18.5 Å². The van der Waals surface area contributed by atoms with Gasteiger partial charge >= 0.3 is 5.69 Å². The Hall–Kier alpha value is -2.13. The quantitative estimate of drug-likeness (QED) is 0.611. The van der Waals surface area contributed by atoms with Gasteiger partial charge in [0.1, 0.15) is 5.54 Å². The molecule has 1 aromatic carbocycles. The van der Waals surface area contributed by atoms with Gasteiger partial charge in [0.25, 0.3) is 0 Å². The van der Waals surface area contributed by atoms with Crippen LogP contribution in [0.3, 0.4) is 0 Å². The van der Waals surface area contributed by atoms with E-state index in [1.807, 2.05) is 6.92 Å². The van der Waals surface area contributed by atoms with Gasteiger partial charge in [0.2, 0.25) is 0 Å². The Balaban J connectivity index is 2.76. The maximum atomic E-state index is 11.0. The molecule has 6 heteroatoms. The molecule has 20 heavy (non-hydrogen) atoms. The zero-order valence-corrected chi connectivity index (χ0v) is 12.0. The SMILES string of the molecule is CCNC(C)(C#N)CCOc1c(C)cccc1[N+](=O)[O-]. The summed E-state index contributed by atoms with van der Waals surface area (Å²) in [6.45, 7) is 6.38. The van der Waals surface area contributed by atoms with Crippen molar-refractivity contribution in [1.29, 1.82) is 5.26 Å². The summed E-state index contributed by atoms with van der Waals surface area (Å²) in [4.78, 5) is 10.5. The molecular formula is C14H19N3O3. The lowest BCUT2D eigenvalue weighted by Crippen LogP contribution is -2.42. The standard InChI is InChI=1S/C14H19N3O3/c1-4-16-14(3,10-15)8-9-20-13-11(2)6-5-7-12(13)17(18)19/h5-7,16H,4,8-9H2,1-3H3. The highest BCUT2D eigenvalue weighted by atomic mass is 16.6. The van der Waals surface area contributed by atoms with E-state index in [2.05, 4.69) is 11.4 Å². The molecule has 0 saturated carbocycles. The number of hydrogen-bond donors (Lipinski definition) is 1. The number of para-hydroxylation sites is 1. The van der Waals surface area contributed by atoms with Crippen molar-refractivity contribution < 1.29 is 9.66 Å². The van der Waals surface area contributed by atoms with E-state index in [1.165, 1.54) is 6.07 Å². The number of ether oxygens (including phenoxy) is 1. The third-order valence-electron chi connectivity index (χ3n) is 3.05. The Bertz CT molecular complexity index is 525. The van der Waals surface area contributed by atoms with Crippen LogP contribution in [0.25, 0.3) is 0 Å². The monoisotopic (exact) mass is 277 g/mol. The van der Waals surface area contributed by atoms with Crippen molar-refractivity contribution in [2.45, 2.75) is 32.7 Å². The number of nitro groups is 1. The Kier molecular flexibility index (Phi) is 5.47. The molecule has 1 N–H and O–H groups in total. The molecule has 0 aliphatic heterocycles. The van der Waals surface area contributed by atoms with Gasteiger partial charge in [-0.15, -0.1) is 0 Å². The van der Waals surface area contributed by atoms with Gasteiger partial charge in [-0.05, 0) is 26.0 Å². The number of nitrogens with one attached hydrogen (secondary N) is 1. The molecule has 0 bridgehead atoms. The van der Waals surface area contributed by atoms with Gasteiger partial charge in [0, 0.05) is 12.5 Å². The van der Waals surface area contributed by atoms with Crippen LogP contribution >= 0.6 is 0 Å². The van der Waals surface area contributed by atoms with Gasteiger partial charge in [-0.2, -0.15) is 5.26 Å². The van der Waals surface area contributed by atoms with Crippen LogP contribution in [-0.4, -0.2) is 23.6 Å². The van der Waals surface area contributed by atoms with Crippen LogP contribution in [-0.2, 0) is 0 Å². The summed E-state index contributed by atoms with van der Waals surface area (Å²) in [5.74, 6) is 0.272. The van der Waals surface area contributed by atoms with Gasteiger partial charge in [0.15, 0.2) is 5.75 Å². The first-order chi connectivity index (χ1) is 9.43. The van der Waals surface area contributed by atoms with Crippen molar-refractivity contribution in [1.82, 2.24) is 5.32 Å². The molecule has 0 spiro atoms. The third kappa shape index (κ3) is 3.93. The van der Waals surface area contributed by atoms with Crippen molar-refractivity contribution in [3.8, 4) is 11.8 Å². The lowest BCUT2D eigenvalue weighted by Gasteiger charge is -2.22. The van der Waals surface area contributed by atoms with Crippen LogP contribution in [0.4, 0.5) is 5.69 Å². The summed E-state index contributed by atoms with van der Waals surface area (Å²) in [6, 6.07) is 6.99. The molecule has 6 nitrogen and oxygen atoms in total. The molecule has 1 atom stereocenters. The van der Waals surface area contributed by atoms with Crippen LogP contribution in [0.1, 0.15) is 25.8 Å². The fraction of sp³-hybridized carbons (Fsp3) is 0.500. The van der Waals surface area contributed by atoms with E-state index < -0.39 is 10.5 Å². The average molecular weight is 277 g/mol. The van der Waals surface area contributed by atoms with Crippen molar-refractivity contribution in [2.75, 3.05) is 13.2 Å². The lowest BCUT2D eigenvalue weighted by atomic mass is 10.0. The van der Waals surface area contributed by atoms with Crippen LogP contribution < -0.4 is 10.1 Å². The highest BCUT2D eigenvalue weighted by molar-refractivity contribution is 5.51. The summed E-state index contributed by atoms with van der Waals surface area (Å²) in [5.41, 5.74) is -0.0277. The zero-order chi connectivity index (χ0) is 15.2. The predicted molar refractivity (Wildman–Crippen MR) is 75.6 cm³/mol. The summed E-state index contributed by atoms with van der Waals surface area (Å²) in [5, 5.41) is 23.2. The molecular weight excluding hydrogens is 258 g/mol. The number of nitriles is 1. The molecule has 1 unspecified atom stereocenters. The van der Waals surface area contributed by atoms with Crippen molar-refractivity contribution in [3.63, 3.8) is 0 Å². The van der Waals surface area contributed by atoms with Gasteiger partial charge in [0.05, 0.1) is 17.6 Å². The molecule has 0 amide bonds. The first-order valence-electron chi connectivity index (χ1n) is 6.46. The topological polar surface area (TPSA) is 88.2 Å². The van der Waals surface area contributed by atoms with E-state index >= 15 is 0 Å². The molecule has 0 aliphatic rings. The number of nitro benzene ring substituents is 1. The molecule has 0 aromatic heterocycles. The second-order valence-corrected chi connectivity index (χ2v) is 4.75. The molecule has 1 aromatic rings. The van der Waals surface area contributed by atoms with Gasteiger partial charge in [-0.25, -0.2) is 0 Å². The fourth-order valence-corrected chi connectivity index (χ4v) is 1.90. The number of rotatable bonds is 7. The normalized spacial score (nSPS) is 13.3. The zero-order valence-electron chi connectivity index (χ0n) is 12.0. The Morgan fingerprint density at radius 3 is 2.80 bits per heavy atom. The van der Waals surface area contributed by atoms with Gasteiger partial charge < -0.3 is 4.74 Å². The maximum absolute atomic E-state index is 11.0. The minimum Gasteiger partial charge on any atom is -0.487 e. The number of nitrogens with zero attached hydrogens (tertiary/aromatic N) is 2. The third-order valence-corrected chi connectivity index (χ3v) is 3.05. The highest BCUT2D eigenvalue weighted by Crippen LogP contribution is 2.30. The Labute approximate surface area is 118 Å². The van der Waals surface area contributed by atoms with Gasteiger partial charge in [-0.1, -0.05) is 19.1 Å². The summed E-state index contributed by atoms with van der Waals surface area (Å²) in [7, 11) is 0. The minimum atomic E-state index is -0.688. The first kappa shape index (κ1) is 15.9. The molecule has 0 saturated heterocycles. The highest BCUT2D eigenvalue weighted by Gasteiger charge is 2.23. The van der Waals surface area contributed by atoms with Crippen molar-refractivity contribution >= 4 is 5.69 Å². The van der Waals surface area contributed by atoms with E-state index in [0.717, 1.165) is 0 Å². The lowest BCUT2D eigenvalue weighted by molar-refractivity contribution is -0.385. The van der Waals surface area contributed by atoms with Crippen molar-refractivity contribution in [2.24, 2.45) is 0 Å². The molecule has 0 fully saturated rings. The Morgan fingerprint density at radius 2 is 2.25 bits per heavy atom. The number of benzene rings is 1. The number of aryl methyl sites for hydroxylation is 1. The number of hydrogen-bond acceptors (Lipinski definition) is 5. The van der Waals surface area contributed by atoms with Crippen molar-refractivity contribution in [3.05, 3.63) is 33.9 Å². The van der Waals surface area contributed by atoms with Crippen LogP contribution in [0.15, 0.2) is 18.2 Å². The average Bonchev–Trinajstić information content (AvgIpc) is 2.40. The van der Waals surface area contributed by atoms with Crippen LogP contribution in [0.5, 0.6) is 5.75 Å². The fourth-order valence-electron chi connectivity index (χ4n) is 1.90. The molecule has 0 heterocycles. The smallest absolute Gasteiger partial charge is 0.311 e. The van der Waals surface area contributed by atoms with E-state index in [-0.39, 0.29) is 18.0 Å². The summed E-state index contributed by atoms with van der Waals surface area (Å²) < 4.78 is 5.54. The first-order valence-corrected chi connectivity index (χ1v) is 6.46. The Morgan fingerprint density at radius 1 is 1.55 bits per heavy atom. The summed E-state index contributed by atoms with van der Waals surface area (Å²) >= 11 is 0. The molecule has 0 radical (unpaired) electrons. The predicted octanol–water partition coefficient (Wildman–Crippen LogP) is 2.56. The second-order valence-electron chi connectivity index (χ2n) is 4.75. The summed E-state index contributed by atoms with van der Waals surface area (Å²) in [6.07, 6.45) is 0.447. The largest absolute Gasteiger partial charge is 0.487 e. The molecule has 108 valence electrons. The minimum absolute atomic E-state index is 0.0490. The van der Waals surface area contributed by atoms with Crippen LogP contribution in [0, 0.1) is 28.4 Å². The molecule has 0 aliphatic carbocycles. The van der Waals surface area contributed by atoms with E-state index in [9.17, 15) is 10.1 Å². The van der Waals surface area contributed by atoms with E-state index in [1.54, 1.807) is 26.0 Å². The second kappa shape index (κ2) is 6.87. The maximum Gasteiger partial charge on any atom is 0.311 e. The van der Waals surface area contributed by atoms with Gasteiger partial charge in [-0.3, -0.25) is 15.4 Å².